The minimum absolute atomic E-state index is 0.423. The first kappa shape index (κ1) is 18.4. The fraction of sp³-hybridized carbons (Fsp3) is 0.941. The zero-order valence-electron chi connectivity index (χ0n) is 13.7. The summed E-state index contributed by atoms with van der Waals surface area (Å²) in [5.41, 5.74) is 0. The molecule has 0 saturated carbocycles. The van der Waals surface area contributed by atoms with Crippen molar-refractivity contribution in [3.8, 4) is 0 Å². The SMILES string of the molecule is CCCCCCCCCCCCON1CCCC1C(=O)O. The van der Waals surface area contributed by atoms with Crippen molar-refractivity contribution in [2.45, 2.75) is 90.0 Å². The van der Waals surface area contributed by atoms with Gasteiger partial charge in [0.25, 0.3) is 0 Å². The van der Waals surface area contributed by atoms with Gasteiger partial charge in [-0.15, -0.1) is 0 Å². The molecule has 124 valence electrons. The summed E-state index contributed by atoms with van der Waals surface area (Å²) in [5.74, 6) is -0.754. The Labute approximate surface area is 129 Å². The predicted octanol–water partition coefficient (Wildman–Crippen LogP) is 4.39. The molecule has 1 unspecified atom stereocenters. The van der Waals surface area contributed by atoms with Crippen LogP contribution in [0.1, 0.15) is 84.0 Å². The van der Waals surface area contributed by atoms with E-state index in [1.165, 1.54) is 57.8 Å². The lowest BCUT2D eigenvalue weighted by atomic mass is 10.1. The molecule has 1 rings (SSSR count). The van der Waals surface area contributed by atoms with Crippen LogP contribution < -0.4 is 0 Å². The van der Waals surface area contributed by atoms with Crippen LogP contribution >= 0.6 is 0 Å². The third kappa shape index (κ3) is 8.42. The van der Waals surface area contributed by atoms with Crippen molar-refractivity contribution in [3.63, 3.8) is 0 Å². The molecule has 0 aromatic rings. The summed E-state index contributed by atoms with van der Waals surface area (Å²) in [6, 6.07) is -0.423. The van der Waals surface area contributed by atoms with E-state index in [1.807, 2.05) is 0 Å². The standard InChI is InChI=1S/C17H33NO3/c1-2-3-4-5-6-7-8-9-10-11-15-21-18-14-12-13-16(18)17(19)20/h16H,2-15H2,1H3,(H,19,20). The first-order chi connectivity index (χ1) is 10.3. The van der Waals surface area contributed by atoms with Crippen LogP contribution in [0.4, 0.5) is 0 Å². The van der Waals surface area contributed by atoms with Gasteiger partial charge in [0.1, 0.15) is 6.04 Å². The zero-order chi connectivity index (χ0) is 15.3. The maximum atomic E-state index is 11.0. The zero-order valence-corrected chi connectivity index (χ0v) is 13.7. The number of unbranched alkanes of at least 4 members (excludes halogenated alkanes) is 9. The number of hydrogen-bond acceptors (Lipinski definition) is 3. The highest BCUT2D eigenvalue weighted by Crippen LogP contribution is 2.18. The minimum Gasteiger partial charge on any atom is -0.480 e. The van der Waals surface area contributed by atoms with Crippen LogP contribution in [0.5, 0.6) is 0 Å². The fourth-order valence-electron chi connectivity index (χ4n) is 2.91. The third-order valence-electron chi connectivity index (χ3n) is 4.24. The maximum Gasteiger partial charge on any atom is 0.323 e. The van der Waals surface area contributed by atoms with E-state index in [9.17, 15) is 4.79 Å². The van der Waals surface area contributed by atoms with Gasteiger partial charge in [0.15, 0.2) is 0 Å². The number of carbonyl (C=O) groups is 1. The summed E-state index contributed by atoms with van der Waals surface area (Å²) >= 11 is 0. The highest BCUT2D eigenvalue weighted by Gasteiger charge is 2.31. The van der Waals surface area contributed by atoms with Gasteiger partial charge in [-0.3, -0.25) is 9.63 Å². The number of hydroxylamine groups is 2. The van der Waals surface area contributed by atoms with Crippen LogP contribution in [-0.4, -0.2) is 35.3 Å². The second-order valence-electron chi connectivity index (χ2n) is 6.15. The van der Waals surface area contributed by atoms with Gasteiger partial charge in [-0.1, -0.05) is 64.7 Å². The number of nitrogens with zero attached hydrogens (tertiary/aromatic N) is 1. The molecule has 0 aromatic heterocycles. The van der Waals surface area contributed by atoms with Gasteiger partial charge >= 0.3 is 5.97 Å². The van der Waals surface area contributed by atoms with Crippen LogP contribution in [0.25, 0.3) is 0 Å². The van der Waals surface area contributed by atoms with E-state index in [4.69, 9.17) is 9.94 Å². The molecule has 0 bridgehead atoms. The molecule has 1 aliphatic heterocycles. The Balaban J connectivity index is 1.85. The lowest BCUT2D eigenvalue weighted by molar-refractivity contribution is -0.186. The van der Waals surface area contributed by atoms with Crippen LogP contribution in [-0.2, 0) is 9.63 Å². The number of hydrogen-bond donors (Lipinski definition) is 1. The van der Waals surface area contributed by atoms with Crippen molar-refractivity contribution >= 4 is 5.97 Å². The largest absolute Gasteiger partial charge is 0.480 e. The van der Waals surface area contributed by atoms with Gasteiger partial charge in [-0.05, 0) is 19.3 Å². The summed E-state index contributed by atoms with van der Waals surface area (Å²) in [6.07, 6.45) is 14.7. The highest BCUT2D eigenvalue weighted by atomic mass is 16.7. The van der Waals surface area contributed by atoms with E-state index in [0.717, 1.165) is 19.4 Å². The Hall–Kier alpha value is -0.610. The molecular weight excluding hydrogens is 266 g/mol. The minimum atomic E-state index is -0.754. The fourth-order valence-corrected chi connectivity index (χ4v) is 2.91. The van der Waals surface area contributed by atoms with Crippen LogP contribution in [0.3, 0.4) is 0 Å². The summed E-state index contributed by atoms with van der Waals surface area (Å²) in [4.78, 5) is 16.6. The van der Waals surface area contributed by atoms with E-state index in [2.05, 4.69) is 6.92 Å². The average molecular weight is 299 g/mol. The molecule has 1 aliphatic rings. The first-order valence-electron chi connectivity index (χ1n) is 8.88. The molecule has 1 atom stereocenters. The second-order valence-corrected chi connectivity index (χ2v) is 6.15. The molecule has 1 N–H and O–H groups in total. The van der Waals surface area contributed by atoms with Crippen LogP contribution in [0, 0.1) is 0 Å². The maximum absolute atomic E-state index is 11.0. The quantitative estimate of drug-likeness (QED) is 0.512. The Morgan fingerprint density at radius 1 is 1.05 bits per heavy atom. The Bertz CT molecular complexity index is 271. The molecule has 4 heteroatoms. The van der Waals surface area contributed by atoms with Gasteiger partial charge in [0.2, 0.25) is 0 Å². The molecule has 4 nitrogen and oxygen atoms in total. The molecule has 1 fully saturated rings. The predicted molar refractivity (Wildman–Crippen MR) is 85.2 cm³/mol. The topological polar surface area (TPSA) is 49.8 Å². The lowest BCUT2D eigenvalue weighted by Gasteiger charge is -2.20. The number of aliphatic carboxylic acids is 1. The second kappa shape index (κ2) is 12.0. The van der Waals surface area contributed by atoms with Crippen molar-refractivity contribution in [1.82, 2.24) is 5.06 Å². The molecule has 0 spiro atoms. The number of rotatable bonds is 13. The van der Waals surface area contributed by atoms with Gasteiger partial charge in [-0.2, -0.15) is 5.06 Å². The van der Waals surface area contributed by atoms with Crippen molar-refractivity contribution < 1.29 is 14.7 Å². The van der Waals surface area contributed by atoms with Gasteiger partial charge in [0, 0.05) is 6.54 Å². The summed E-state index contributed by atoms with van der Waals surface area (Å²) in [6.45, 7) is 3.68. The Morgan fingerprint density at radius 3 is 2.19 bits per heavy atom. The summed E-state index contributed by atoms with van der Waals surface area (Å²) in [7, 11) is 0. The van der Waals surface area contributed by atoms with Crippen molar-refractivity contribution in [1.29, 1.82) is 0 Å². The van der Waals surface area contributed by atoms with Crippen molar-refractivity contribution in [2.75, 3.05) is 13.2 Å². The summed E-state index contributed by atoms with van der Waals surface area (Å²) in [5, 5.41) is 10.7. The molecule has 21 heavy (non-hydrogen) atoms. The smallest absolute Gasteiger partial charge is 0.323 e. The molecule has 0 aromatic carbocycles. The molecule has 1 heterocycles. The van der Waals surface area contributed by atoms with E-state index in [0.29, 0.717) is 13.0 Å². The average Bonchev–Trinajstić information content (AvgIpc) is 2.93. The first-order valence-corrected chi connectivity index (χ1v) is 8.88. The summed E-state index contributed by atoms with van der Waals surface area (Å²) < 4.78 is 0. The highest BCUT2D eigenvalue weighted by molar-refractivity contribution is 5.73. The lowest BCUT2D eigenvalue weighted by Crippen LogP contribution is -2.36. The molecule has 0 amide bonds. The van der Waals surface area contributed by atoms with Crippen LogP contribution in [0.15, 0.2) is 0 Å². The van der Waals surface area contributed by atoms with E-state index in [-0.39, 0.29) is 0 Å². The van der Waals surface area contributed by atoms with Crippen LogP contribution in [0.2, 0.25) is 0 Å². The number of carboxylic acid groups (broad SMARTS) is 1. The molecule has 0 aliphatic carbocycles. The number of carboxylic acids is 1. The van der Waals surface area contributed by atoms with Gasteiger partial charge < -0.3 is 5.11 Å². The third-order valence-corrected chi connectivity index (χ3v) is 4.24. The van der Waals surface area contributed by atoms with E-state index < -0.39 is 12.0 Å². The normalized spacial score (nSPS) is 19.2. The Kier molecular flexibility index (Phi) is 10.5. The van der Waals surface area contributed by atoms with Crippen molar-refractivity contribution in [2.24, 2.45) is 0 Å². The monoisotopic (exact) mass is 299 g/mol. The molecular formula is C17H33NO3. The van der Waals surface area contributed by atoms with E-state index in [1.54, 1.807) is 5.06 Å². The Morgan fingerprint density at radius 2 is 1.62 bits per heavy atom. The van der Waals surface area contributed by atoms with Gasteiger partial charge in [-0.25, -0.2) is 0 Å². The van der Waals surface area contributed by atoms with Gasteiger partial charge in [0.05, 0.1) is 6.61 Å². The van der Waals surface area contributed by atoms with Crippen molar-refractivity contribution in [3.05, 3.63) is 0 Å². The molecule has 1 saturated heterocycles. The molecule has 0 radical (unpaired) electrons. The van der Waals surface area contributed by atoms with E-state index >= 15 is 0 Å².